The third-order valence-electron chi connectivity index (χ3n) is 9.11. The second kappa shape index (κ2) is 25.2. The minimum Gasteiger partial charge on any atom is -0.463 e. The molecule has 3 aliphatic heterocycles. The quantitative estimate of drug-likeness (QED) is 0.114. The first-order valence-electron chi connectivity index (χ1n) is 20.3. The van der Waals surface area contributed by atoms with Gasteiger partial charge in [0.05, 0.1) is 0 Å². The molecule has 15 atom stereocenters. The van der Waals surface area contributed by atoms with Crippen LogP contribution in [0.3, 0.4) is 0 Å². The molecule has 376 valence electrons. The zero-order valence-electron chi connectivity index (χ0n) is 38.3. The number of hydrogen-bond acceptors (Lipinski definition) is 27. The number of carbonyl (C=O) groups excluding carboxylic acids is 11. The Bertz CT molecular complexity index is 1850. The third-order valence-corrected chi connectivity index (χ3v) is 9.11. The second-order valence-corrected chi connectivity index (χ2v) is 14.9. The fraction of sp³-hybridized carbons (Fsp3) is 0.725. The Morgan fingerprint density at radius 3 is 0.776 bits per heavy atom. The summed E-state index contributed by atoms with van der Waals surface area (Å²) in [5, 5.41) is 0. The molecule has 0 N–H and O–H groups in total. The number of esters is 11. The largest absolute Gasteiger partial charge is 0.463 e. The summed E-state index contributed by atoms with van der Waals surface area (Å²) < 4.78 is 90.4. The van der Waals surface area contributed by atoms with E-state index in [1.165, 1.54) is 0 Å². The smallest absolute Gasteiger partial charge is 0.305 e. The van der Waals surface area contributed by atoms with Gasteiger partial charge in [-0.3, -0.25) is 52.7 Å². The van der Waals surface area contributed by atoms with E-state index in [4.69, 9.17) is 75.8 Å². The molecular weight excluding hydrogens is 912 g/mol. The Kier molecular flexibility index (Phi) is 20.8. The topological polar surface area (TPSA) is 335 Å². The first kappa shape index (κ1) is 55.3. The summed E-state index contributed by atoms with van der Waals surface area (Å²) in [7, 11) is 0. The molecule has 0 amide bonds. The van der Waals surface area contributed by atoms with Gasteiger partial charge in [-0.25, -0.2) is 0 Å². The summed E-state index contributed by atoms with van der Waals surface area (Å²) in [4.78, 5) is 137. The molecule has 0 unspecified atom stereocenters. The average molecular weight is 967 g/mol. The van der Waals surface area contributed by atoms with Crippen molar-refractivity contribution < 1.29 is 129 Å². The lowest BCUT2D eigenvalue weighted by atomic mass is 9.95. The van der Waals surface area contributed by atoms with Gasteiger partial charge in [0, 0.05) is 76.2 Å². The highest BCUT2D eigenvalue weighted by Gasteiger charge is 2.60. The van der Waals surface area contributed by atoms with E-state index in [0.29, 0.717) is 0 Å². The van der Waals surface area contributed by atoms with Crippen molar-refractivity contribution in [2.24, 2.45) is 0 Å². The molecule has 0 bridgehead atoms. The van der Waals surface area contributed by atoms with Crippen LogP contribution in [0.5, 0.6) is 0 Å². The van der Waals surface area contributed by atoms with Crippen molar-refractivity contribution in [3.05, 3.63) is 0 Å². The molecule has 67 heavy (non-hydrogen) atoms. The first-order chi connectivity index (χ1) is 31.3. The maximum Gasteiger partial charge on any atom is 0.305 e. The maximum absolute atomic E-state index is 13.0. The van der Waals surface area contributed by atoms with E-state index >= 15 is 0 Å². The molecule has 27 heteroatoms. The number of rotatable bonds is 18. The average Bonchev–Trinajstić information content (AvgIpc) is 3.17. The molecule has 3 heterocycles. The van der Waals surface area contributed by atoms with Crippen LogP contribution in [0.2, 0.25) is 0 Å². The van der Waals surface area contributed by atoms with Crippen molar-refractivity contribution in [2.75, 3.05) is 19.8 Å². The van der Waals surface area contributed by atoms with Gasteiger partial charge in [0.1, 0.15) is 50.3 Å². The summed E-state index contributed by atoms with van der Waals surface area (Å²) in [6, 6.07) is 0. The molecule has 3 rings (SSSR count). The molecule has 3 fully saturated rings. The monoisotopic (exact) mass is 966 g/mol. The van der Waals surface area contributed by atoms with Crippen LogP contribution in [0.25, 0.3) is 0 Å². The minimum absolute atomic E-state index is 0.691. The predicted octanol–water partition coefficient (Wildman–Crippen LogP) is -1.29. The Morgan fingerprint density at radius 1 is 0.269 bits per heavy atom. The minimum atomic E-state index is -2.06. The maximum atomic E-state index is 13.0. The molecule has 0 saturated carbocycles. The van der Waals surface area contributed by atoms with Crippen molar-refractivity contribution in [1.82, 2.24) is 0 Å². The van der Waals surface area contributed by atoms with Crippen LogP contribution in [0.15, 0.2) is 0 Å². The van der Waals surface area contributed by atoms with Crippen molar-refractivity contribution >= 4 is 65.7 Å². The highest BCUT2D eigenvalue weighted by atomic mass is 16.8. The summed E-state index contributed by atoms with van der Waals surface area (Å²) in [5.74, 6) is -10.7. The van der Waals surface area contributed by atoms with E-state index in [-0.39, 0.29) is 0 Å². The number of ether oxygens (including phenoxy) is 16. The van der Waals surface area contributed by atoms with Crippen LogP contribution in [-0.4, -0.2) is 178 Å². The van der Waals surface area contributed by atoms with Gasteiger partial charge in [-0.15, -0.1) is 0 Å². The molecule has 0 aliphatic carbocycles. The Balaban J connectivity index is 2.31. The molecule has 0 radical (unpaired) electrons. The summed E-state index contributed by atoms with van der Waals surface area (Å²) in [6.07, 6.45) is -27.3. The Labute approximate surface area is 382 Å². The summed E-state index contributed by atoms with van der Waals surface area (Å²) >= 11 is 0. The van der Waals surface area contributed by atoms with Gasteiger partial charge in [0.25, 0.3) is 0 Å². The van der Waals surface area contributed by atoms with Crippen molar-refractivity contribution in [3.63, 3.8) is 0 Å². The summed E-state index contributed by atoms with van der Waals surface area (Å²) in [6.45, 7) is 8.53. The van der Waals surface area contributed by atoms with Crippen LogP contribution in [0.1, 0.15) is 76.2 Å². The van der Waals surface area contributed by atoms with Gasteiger partial charge in [-0.05, 0) is 0 Å². The second-order valence-electron chi connectivity index (χ2n) is 14.9. The Morgan fingerprint density at radius 2 is 0.493 bits per heavy atom. The SMILES string of the molecule is CC(=O)OC[C@H]1O[C@@H](O[C@H]2[C@H](OC(C)=O)[C@@H](OC(C)=O)[C@H](O[C@H]3[C@H](OC(C)=O)[C@@H](OC(C)=O)[C@@H](OC(C)=O)O[C@@H]3COC(C)=O)O[C@@H]2COC(C)=O)[C@H](OC(C)=O)[C@@H](OC(C)=O)[C@@H]1OC(C)=O. The fourth-order valence-electron chi connectivity index (χ4n) is 7.01. The normalized spacial score (nSPS) is 31.2. The highest BCUT2D eigenvalue weighted by molar-refractivity contribution is 5.70. The zero-order valence-corrected chi connectivity index (χ0v) is 38.3. The van der Waals surface area contributed by atoms with E-state index in [0.717, 1.165) is 76.2 Å². The lowest BCUT2D eigenvalue weighted by molar-refractivity contribution is -0.378. The van der Waals surface area contributed by atoms with Crippen LogP contribution in [-0.2, 0) is 129 Å². The van der Waals surface area contributed by atoms with Crippen molar-refractivity contribution in [1.29, 1.82) is 0 Å². The van der Waals surface area contributed by atoms with Gasteiger partial charge >= 0.3 is 65.7 Å². The first-order valence-corrected chi connectivity index (χ1v) is 20.3. The van der Waals surface area contributed by atoms with Crippen LogP contribution < -0.4 is 0 Å². The number of hydrogen-bond donors (Lipinski definition) is 0. The van der Waals surface area contributed by atoms with E-state index < -0.39 is 178 Å². The van der Waals surface area contributed by atoms with Crippen LogP contribution in [0.4, 0.5) is 0 Å². The molecular formula is C40H54O27. The van der Waals surface area contributed by atoms with Gasteiger partial charge < -0.3 is 75.8 Å². The van der Waals surface area contributed by atoms with E-state index in [2.05, 4.69) is 0 Å². The fourth-order valence-corrected chi connectivity index (χ4v) is 7.01. The lowest BCUT2D eigenvalue weighted by Crippen LogP contribution is -2.69. The molecule has 0 aromatic rings. The third kappa shape index (κ3) is 17.0. The molecule has 3 saturated heterocycles. The molecule has 0 aromatic carbocycles. The van der Waals surface area contributed by atoms with Gasteiger partial charge in [-0.2, -0.15) is 0 Å². The molecule has 0 aromatic heterocycles. The van der Waals surface area contributed by atoms with Gasteiger partial charge in [-0.1, -0.05) is 0 Å². The molecule has 27 nitrogen and oxygen atoms in total. The standard InChI is InChI=1S/C40H54O27/c1-15(41)52-12-26-29(55-18(4)44)32(56-19(5)45)36(60-23(9)49)39(64-26)67-31-28(14-54-17(3)43)65-40(37(61-24(10)50)34(31)58-21(7)47)66-30-27(13-53-16(2)42)63-38(62-25(11)51)35(59-22(8)48)33(30)57-20(6)46/h26-40H,12-14H2,1-11H3/t26-,27-,28-,29-,30-,31-,32+,33+,34+,35-,36-,37-,38+,39+,40+/m1/s1. The predicted molar refractivity (Wildman–Crippen MR) is 206 cm³/mol. The lowest BCUT2D eigenvalue weighted by Gasteiger charge is -2.50. The van der Waals surface area contributed by atoms with E-state index in [1.54, 1.807) is 0 Å². The van der Waals surface area contributed by atoms with Gasteiger partial charge in [0.2, 0.25) is 12.4 Å². The molecule has 3 aliphatic rings. The van der Waals surface area contributed by atoms with Crippen LogP contribution in [0, 0.1) is 0 Å². The van der Waals surface area contributed by atoms with Crippen molar-refractivity contribution in [2.45, 2.75) is 168 Å². The number of carbonyl (C=O) groups is 11. The van der Waals surface area contributed by atoms with E-state index in [9.17, 15) is 52.7 Å². The van der Waals surface area contributed by atoms with E-state index in [1.807, 2.05) is 0 Å². The zero-order chi connectivity index (χ0) is 50.4. The molecule has 0 spiro atoms. The Hall–Kier alpha value is -6.03. The van der Waals surface area contributed by atoms with Crippen molar-refractivity contribution in [3.8, 4) is 0 Å². The highest BCUT2D eigenvalue weighted by Crippen LogP contribution is 2.38. The summed E-state index contributed by atoms with van der Waals surface area (Å²) in [5.41, 5.74) is 0. The van der Waals surface area contributed by atoms with Crippen LogP contribution >= 0.6 is 0 Å². The van der Waals surface area contributed by atoms with Gasteiger partial charge in [0.15, 0.2) is 49.2 Å².